The lowest BCUT2D eigenvalue weighted by Gasteiger charge is -2.24. The molecule has 1 unspecified atom stereocenters. The van der Waals surface area contributed by atoms with Gasteiger partial charge < -0.3 is 15.5 Å². The molecule has 0 saturated carbocycles. The molecule has 0 radical (unpaired) electrons. The predicted molar refractivity (Wildman–Crippen MR) is 48.4 cm³/mol. The number of carbonyl (C=O) groups is 1. The summed E-state index contributed by atoms with van der Waals surface area (Å²) in [6, 6.07) is 0. The summed E-state index contributed by atoms with van der Waals surface area (Å²) in [5.74, 6) is -0.973. The third-order valence-electron chi connectivity index (χ3n) is 2.65. The lowest BCUT2D eigenvalue weighted by molar-refractivity contribution is -0.143. The fourth-order valence-corrected chi connectivity index (χ4v) is 1.77. The van der Waals surface area contributed by atoms with Crippen LogP contribution in [0.1, 0.15) is 19.3 Å². The summed E-state index contributed by atoms with van der Waals surface area (Å²) < 4.78 is 0. The summed E-state index contributed by atoms with van der Waals surface area (Å²) in [6.07, 6.45) is 2.68. The molecule has 0 amide bonds. The van der Waals surface area contributed by atoms with Gasteiger partial charge in [-0.15, -0.1) is 0 Å². The monoisotopic (exact) mass is 187 g/mol. The van der Waals surface area contributed by atoms with Crippen molar-refractivity contribution in [2.45, 2.75) is 19.3 Å². The molecule has 0 aliphatic carbocycles. The van der Waals surface area contributed by atoms with Gasteiger partial charge >= 0.3 is 5.97 Å². The van der Waals surface area contributed by atoms with Gasteiger partial charge in [-0.05, 0) is 38.3 Å². The van der Waals surface area contributed by atoms with E-state index in [9.17, 15) is 4.79 Å². The predicted octanol–water partition coefficient (Wildman–Crippen LogP) is 0.0692. The molecule has 13 heavy (non-hydrogen) atoms. The van der Waals surface area contributed by atoms with E-state index in [4.69, 9.17) is 10.2 Å². The average Bonchev–Trinajstić information content (AvgIpc) is 2.15. The summed E-state index contributed by atoms with van der Waals surface area (Å²) >= 11 is 0. The van der Waals surface area contributed by atoms with Crippen molar-refractivity contribution in [1.29, 1.82) is 0 Å². The number of rotatable bonds is 4. The Morgan fingerprint density at radius 1 is 1.46 bits per heavy atom. The van der Waals surface area contributed by atoms with Crippen molar-refractivity contribution in [3.8, 4) is 0 Å². The van der Waals surface area contributed by atoms with Gasteiger partial charge in [0, 0.05) is 0 Å². The lowest BCUT2D eigenvalue weighted by atomic mass is 9.88. The molecule has 4 nitrogen and oxygen atoms in total. The zero-order valence-electron chi connectivity index (χ0n) is 7.70. The molecule has 0 aromatic heterocycles. The average molecular weight is 187 g/mol. The maximum Gasteiger partial charge on any atom is 0.308 e. The molecule has 3 N–H and O–H groups in total. The van der Waals surface area contributed by atoms with Crippen LogP contribution in [-0.2, 0) is 4.79 Å². The quantitative estimate of drug-likeness (QED) is 0.582. The van der Waals surface area contributed by atoms with E-state index in [0.29, 0.717) is 12.3 Å². The van der Waals surface area contributed by atoms with Crippen molar-refractivity contribution in [2.24, 2.45) is 11.8 Å². The largest absolute Gasteiger partial charge is 0.481 e. The highest BCUT2D eigenvalue weighted by Crippen LogP contribution is 2.20. The Morgan fingerprint density at radius 2 is 2.08 bits per heavy atom. The maximum atomic E-state index is 10.6. The number of aliphatic carboxylic acids is 1. The van der Waals surface area contributed by atoms with E-state index in [0.717, 1.165) is 25.9 Å². The van der Waals surface area contributed by atoms with Crippen LogP contribution in [0.3, 0.4) is 0 Å². The highest BCUT2D eigenvalue weighted by atomic mass is 16.4. The van der Waals surface area contributed by atoms with Gasteiger partial charge in [-0.1, -0.05) is 0 Å². The maximum absolute atomic E-state index is 10.6. The van der Waals surface area contributed by atoms with Crippen molar-refractivity contribution >= 4 is 5.97 Å². The summed E-state index contributed by atoms with van der Waals surface area (Å²) in [4.78, 5) is 10.6. The number of carboxylic acids is 1. The van der Waals surface area contributed by atoms with Gasteiger partial charge in [-0.2, -0.15) is 0 Å². The Bertz CT molecular complexity index is 166. The number of aliphatic hydroxyl groups excluding tert-OH is 1. The molecule has 1 heterocycles. The molecule has 1 fully saturated rings. The molecule has 0 spiro atoms. The van der Waals surface area contributed by atoms with Crippen molar-refractivity contribution in [1.82, 2.24) is 5.32 Å². The molecule has 1 rings (SSSR count). The number of nitrogens with one attached hydrogen (secondary N) is 1. The first kappa shape index (κ1) is 10.5. The van der Waals surface area contributed by atoms with Gasteiger partial charge in [0.05, 0.1) is 12.5 Å². The summed E-state index contributed by atoms with van der Waals surface area (Å²) in [7, 11) is 0. The van der Waals surface area contributed by atoms with Crippen molar-refractivity contribution < 1.29 is 15.0 Å². The topological polar surface area (TPSA) is 69.6 Å². The van der Waals surface area contributed by atoms with Crippen LogP contribution < -0.4 is 5.32 Å². The Labute approximate surface area is 78.0 Å². The Morgan fingerprint density at radius 3 is 2.54 bits per heavy atom. The minimum absolute atomic E-state index is 0.237. The van der Waals surface area contributed by atoms with Gasteiger partial charge in [0.1, 0.15) is 0 Å². The van der Waals surface area contributed by atoms with E-state index in [1.807, 2.05) is 0 Å². The van der Waals surface area contributed by atoms with E-state index in [1.54, 1.807) is 0 Å². The zero-order valence-corrected chi connectivity index (χ0v) is 7.70. The highest BCUT2D eigenvalue weighted by Gasteiger charge is 2.22. The first-order valence-electron chi connectivity index (χ1n) is 4.78. The number of piperidine rings is 1. The number of hydrogen-bond acceptors (Lipinski definition) is 3. The molecule has 76 valence electrons. The summed E-state index contributed by atoms with van der Waals surface area (Å²) in [5.41, 5.74) is 0. The fourth-order valence-electron chi connectivity index (χ4n) is 1.77. The molecular formula is C9H17NO3. The second-order valence-electron chi connectivity index (χ2n) is 3.65. The summed E-state index contributed by atoms with van der Waals surface area (Å²) in [5, 5.41) is 20.8. The molecule has 1 atom stereocenters. The first-order chi connectivity index (χ1) is 6.24. The molecule has 0 aromatic carbocycles. The normalized spacial score (nSPS) is 21.3. The minimum atomic E-state index is -0.874. The molecule has 1 saturated heterocycles. The Kier molecular flexibility index (Phi) is 4.18. The zero-order chi connectivity index (χ0) is 9.68. The molecule has 0 aromatic rings. The molecule has 4 heteroatoms. The van der Waals surface area contributed by atoms with Crippen LogP contribution in [0.5, 0.6) is 0 Å². The van der Waals surface area contributed by atoms with Crippen LogP contribution in [0.25, 0.3) is 0 Å². The van der Waals surface area contributed by atoms with Crippen LogP contribution >= 0.6 is 0 Å². The summed E-state index contributed by atoms with van der Waals surface area (Å²) in [6.45, 7) is 1.71. The van der Waals surface area contributed by atoms with Crippen LogP contribution in [0.15, 0.2) is 0 Å². The van der Waals surface area contributed by atoms with Gasteiger partial charge in [-0.3, -0.25) is 4.79 Å². The van der Waals surface area contributed by atoms with Gasteiger partial charge in [0.2, 0.25) is 0 Å². The second kappa shape index (κ2) is 5.19. The van der Waals surface area contributed by atoms with E-state index >= 15 is 0 Å². The fraction of sp³-hybridized carbons (Fsp3) is 0.889. The number of aliphatic hydroxyl groups is 1. The first-order valence-corrected chi connectivity index (χ1v) is 4.78. The smallest absolute Gasteiger partial charge is 0.308 e. The van der Waals surface area contributed by atoms with Crippen LogP contribution in [0, 0.1) is 11.8 Å². The molecular weight excluding hydrogens is 170 g/mol. The van der Waals surface area contributed by atoms with Crippen LogP contribution in [-0.4, -0.2) is 35.9 Å². The van der Waals surface area contributed by atoms with Crippen molar-refractivity contribution in [3.05, 3.63) is 0 Å². The number of hydrogen-bond donors (Lipinski definition) is 3. The van der Waals surface area contributed by atoms with Crippen molar-refractivity contribution in [3.63, 3.8) is 0 Å². The van der Waals surface area contributed by atoms with Gasteiger partial charge in [0.15, 0.2) is 0 Å². The van der Waals surface area contributed by atoms with Gasteiger partial charge in [-0.25, -0.2) is 0 Å². The third kappa shape index (κ3) is 3.32. The van der Waals surface area contributed by atoms with E-state index < -0.39 is 11.9 Å². The SMILES string of the molecule is O=C(O)C(CO)CC1CCNCC1. The van der Waals surface area contributed by atoms with E-state index in [2.05, 4.69) is 5.32 Å². The Hall–Kier alpha value is -0.610. The van der Waals surface area contributed by atoms with Gasteiger partial charge in [0.25, 0.3) is 0 Å². The molecule has 0 bridgehead atoms. The minimum Gasteiger partial charge on any atom is -0.481 e. The van der Waals surface area contributed by atoms with E-state index in [-0.39, 0.29) is 6.61 Å². The highest BCUT2D eigenvalue weighted by molar-refractivity contribution is 5.70. The second-order valence-corrected chi connectivity index (χ2v) is 3.65. The standard InChI is InChI=1S/C9H17NO3/c11-6-8(9(12)13)5-7-1-3-10-4-2-7/h7-8,10-11H,1-6H2,(H,12,13). The van der Waals surface area contributed by atoms with Crippen molar-refractivity contribution in [2.75, 3.05) is 19.7 Å². The molecule has 1 aliphatic heterocycles. The van der Waals surface area contributed by atoms with E-state index in [1.165, 1.54) is 0 Å². The lowest BCUT2D eigenvalue weighted by Crippen LogP contribution is -2.31. The van der Waals surface area contributed by atoms with Crippen LogP contribution in [0.4, 0.5) is 0 Å². The molecule has 1 aliphatic rings. The third-order valence-corrected chi connectivity index (χ3v) is 2.65. The van der Waals surface area contributed by atoms with Crippen LogP contribution in [0.2, 0.25) is 0 Å². The number of carboxylic acid groups (broad SMARTS) is 1. The Balaban J connectivity index is 2.31.